The van der Waals surface area contributed by atoms with Crippen LogP contribution in [0.15, 0.2) is 18.2 Å². The summed E-state index contributed by atoms with van der Waals surface area (Å²) in [5.74, 6) is 0.966. The first-order valence-electron chi connectivity index (χ1n) is 8.09. The zero-order valence-electron chi connectivity index (χ0n) is 13.7. The number of nitrogens with one attached hydrogen (secondary N) is 3. The third-order valence-corrected chi connectivity index (χ3v) is 3.85. The van der Waals surface area contributed by atoms with Crippen LogP contribution >= 0.6 is 0 Å². The molecule has 0 saturated heterocycles. The van der Waals surface area contributed by atoms with Crippen molar-refractivity contribution >= 4 is 11.6 Å². The number of anilines is 1. The third kappa shape index (κ3) is 4.91. The number of hydrogen-bond acceptors (Lipinski definition) is 4. The van der Waals surface area contributed by atoms with Gasteiger partial charge in [0.25, 0.3) is 0 Å². The van der Waals surface area contributed by atoms with E-state index < -0.39 is 0 Å². The standard InChI is InChI=1S/C17H27N3O2/c1-4-15-11-20-16-10-14(5-6-17(16)22-15)9-12(2)18-7-8-19-13(3)21/h5-6,10,12,15,18,20H,4,7-9,11H2,1-3H3,(H,19,21). The highest BCUT2D eigenvalue weighted by Crippen LogP contribution is 2.30. The maximum absolute atomic E-state index is 10.8. The Bertz CT molecular complexity index is 505. The summed E-state index contributed by atoms with van der Waals surface area (Å²) in [5, 5.41) is 9.65. The van der Waals surface area contributed by atoms with Gasteiger partial charge in [-0.25, -0.2) is 0 Å². The molecule has 2 atom stereocenters. The second kappa shape index (κ2) is 8.03. The van der Waals surface area contributed by atoms with Gasteiger partial charge in [-0.2, -0.15) is 0 Å². The van der Waals surface area contributed by atoms with E-state index in [2.05, 4.69) is 48.0 Å². The molecule has 2 rings (SSSR count). The molecule has 0 fully saturated rings. The lowest BCUT2D eigenvalue weighted by Crippen LogP contribution is -2.36. The van der Waals surface area contributed by atoms with E-state index in [9.17, 15) is 4.79 Å². The Kier molecular flexibility index (Phi) is 6.07. The van der Waals surface area contributed by atoms with Gasteiger partial charge in [0, 0.05) is 26.1 Å². The topological polar surface area (TPSA) is 62.4 Å². The quantitative estimate of drug-likeness (QED) is 0.674. The minimum atomic E-state index is 0.0144. The van der Waals surface area contributed by atoms with Crippen LogP contribution < -0.4 is 20.7 Å². The van der Waals surface area contributed by atoms with Crippen LogP contribution in [0.25, 0.3) is 0 Å². The largest absolute Gasteiger partial charge is 0.486 e. The Labute approximate surface area is 132 Å². The van der Waals surface area contributed by atoms with Crippen LogP contribution in [-0.2, 0) is 11.2 Å². The van der Waals surface area contributed by atoms with Crippen molar-refractivity contribution in [2.24, 2.45) is 0 Å². The molecule has 5 heteroatoms. The summed E-state index contributed by atoms with van der Waals surface area (Å²) in [6.07, 6.45) is 2.24. The maximum Gasteiger partial charge on any atom is 0.216 e. The van der Waals surface area contributed by atoms with Crippen LogP contribution in [0.3, 0.4) is 0 Å². The number of carbonyl (C=O) groups is 1. The molecule has 1 aromatic carbocycles. The van der Waals surface area contributed by atoms with E-state index in [-0.39, 0.29) is 12.0 Å². The molecule has 1 aliphatic heterocycles. The molecule has 0 saturated carbocycles. The van der Waals surface area contributed by atoms with Crippen molar-refractivity contribution in [3.63, 3.8) is 0 Å². The summed E-state index contributed by atoms with van der Waals surface area (Å²) < 4.78 is 5.92. The van der Waals surface area contributed by atoms with Gasteiger partial charge >= 0.3 is 0 Å². The summed E-state index contributed by atoms with van der Waals surface area (Å²) in [6, 6.07) is 6.72. The lowest BCUT2D eigenvalue weighted by molar-refractivity contribution is -0.118. The van der Waals surface area contributed by atoms with Gasteiger partial charge < -0.3 is 20.7 Å². The summed E-state index contributed by atoms with van der Waals surface area (Å²) >= 11 is 0. The molecule has 22 heavy (non-hydrogen) atoms. The van der Waals surface area contributed by atoms with E-state index in [0.717, 1.165) is 37.4 Å². The Morgan fingerprint density at radius 3 is 3.00 bits per heavy atom. The number of carbonyl (C=O) groups excluding carboxylic acids is 1. The minimum absolute atomic E-state index is 0.0144. The molecular formula is C17H27N3O2. The van der Waals surface area contributed by atoms with Crippen molar-refractivity contribution in [2.75, 3.05) is 25.0 Å². The zero-order chi connectivity index (χ0) is 15.9. The van der Waals surface area contributed by atoms with Crippen molar-refractivity contribution in [3.8, 4) is 5.75 Å². The van der Waals surface area contributed by atoms with Crippen molar-refractivity contribution in [3.05, 3.63) is 23.8 Å². The smallest absolute Gasteiger partial charge is 0.216 e. The maximum atomic E-state index is 10.8. The zero-order valence-corrected chi connectivity index (χ0v) is 13.7. The Balaban J connectivity index is 1.82. The van der Waals surface area contributed by atoms with Gasteiger partial charge in [0.2, 0.25) is 5.91 Å². The highest BCUT2D eigenvalue weighted by molar-refractivity contribution is 5.72. The second-order valence-corrected chi connectivity index (χ2v) is 5.90. The lowest BCUT2D eigenvalue weighted by atomic mass is 10.0. The van der Waals surface area contributed by atoms with Gasteiger partial charge in [-0.1, -0.05) is 13.0 Å². The number of ether oxygens (including phenoxy) is 1. The summed E-state index contributed by atoms with van der Waals surface area (Å²) in [4.78, 5) is 10.8. The van der Waals surface area contributed by atoms with Crippen LogP contribution in [0.4, 0.5) is 5.69 Å². The van der Waals surface area contributed by atoms with Gasteiger partial charge in [0.15, 0.2) is 0 Å². The second-order valence-electron chi connectivity index (χ2n) is 5.90. The summed E-state index contributed by atoms with van der Waals surface area (Å²) in [7, 11) is 0. The molecule has 5 nitrogen and oxygen atoms in total. The molecule has 1 heterocycles. The van der Waals surface area contributed by atoms with Gasteiger partial charge in [-0.05, 0) is 37.5 Å². The van der Waals surface area contributed by atoms with Crippen LogP contribution in [0, 0.1) is 0 Å². The van der Waals surface area contributed by atoms with E-state index in [0.29, 0.717) is 12.6 Å². The first-order chi connectivity index (χ1) is 10.6. The van der Waals surface area contributed by atoms with Gasteiger partial charge in [0.05, 0.1) is 12.2 Å². The highest BCUT2D eigenvalue weighted by Gasteiger charge is 2.17. The molecule has 122 valence electrons. The fraction of sp³-hybridized carbons (Fsp3) is 0.588. The van der Waals surface area contributed by atoms with E-state index >= 15 is 0 Å². The van der Waals surface area contributed by atoms with Crippen LogP contribution in [0.5, 0.6) is 5.75 Å². The first-order valence-corrected chi connectivity index (χ1v) is 8.09. The monoisotopic (exact) mass is 305 g/mol. The minimum Gasteiger partial charge on any atom is -0.486 e. The fourth-order valence-corrected chi connectivity index (χ4v) is 2.60. The summed E-state index contributed by atoms with van der Waals surface area (Å²) in [6.45, 7) is 8.15. The van der Waals surface area contributed by atoms with Gasteiger partial charge in [0.1, 0.15) is 11.9 Å². The van der Waals surface area contributed by atoms with E-state index in [1.54, 1.807) is 0 Å². The highest BCUT2D eigenvalue weighted by atomic mass is 16.5. The molecule has 0 bridgehead atoms. The number of fused-ring (bicyclic) bond motifs is 1. The average Bonchev–Trinajstić information content (AvgIpc) is 2.51. The number of hydrogen-bond donors (Lipinski definition) is 3. The van der Waals surface area contributed by atoms with Gasteiger partial charge in [-0.3, -0.25) is 4.79 Å². The lowest BCUT2D eigenvalue weighted by Gasteiger charge is -2.27. The molecule has 1 aromatic rings. The fourth-order valence-electron chi connectivity index (χ4n) is 2.60. The predicted molar refractivity (Wildman–Crippen MR) is 89.5 cm³/mol. The average molecular weight is 305 g/mol. The summed E-state index contributed by atoms with van der Waals surface area (Å²) in [5.41, 5.74) is 2.37. The molecule has 3 N–H and O–H groups in total. The van der Waals surface area contributed by atoms with Crippen molar-refractivity contribution in [1.82, 2.24) is 10.6 Å². The van der Waals surface area contributed by atoms with Crippen LogP contribution in [-0.4, -0.2) is 37.7 Å². The van der Waals surface area contributed by atoms with Crippen molar-refractivity contribution in [2.45, 2.75) is 45.8 Å². The van der Waals surface area contributed by atoms with Crippen molar-refractivity contribution < 1.29 is 9.53 Å². The Morgan fingerprint density at radius 2 is 2.27 bits per heavy atom. The number of amides is 1. The normalized spacial score (nSPS) is 17.9. The molecular weight excluding hydrogens is 278 g/mol. The molecule has 0 aromatic heterocycles. The van der Waals surface area contributed by atoms with Crippen LogP contribution in [0.1, 0.15) is 32.8 Å². The van der Waals surface area contributed by atoms with E-state index in [4.69, 9.17) is 4.74 Å². The van der Waals surface area contributed by atoms with Gasteiger partial charge in [-0.15, -0.1) is 0 Å². The molecule has 0 aliphatic carbocycles. The number of rotatable bonds is 7. The molecule has 1 aliphatic rings. The van der Waals surface area contributed by atoms with Crippen molar-refractivity contribution in [1.29, 1.82) is 0 Å². The Hall–Kier alpha value is -1.75. The number of benzene rings is 1. The predicted octanol–water partition coefficient (Wildman–Crippen LogP) is 1.93. The third-order valence-electron chi connectivity index (χ3n) is 3.85. The molecule has 1 amide bonds. The van der Waals surface area contributed by atoms with Crippen LogP contribution in [0.2, 0.25) is 0 Å². The van der Waals surface area contributed by atoms with E-state index in [1.807, 2.05) is 0 Å². The SMILES string of the molecule is CCC1CNc2cc(CC(C)NCCNC(C)=O)ccc2O1. The molecule has 0 radical (unpaired) electrons. The first kappa shape index (κ1) is 16.6. The Morgan fingerprint density at radius 1 is 1.45 bits per heavy atom. The van der Waals surface area contributed by atoms with E-state index in [1.165, 1.54) is 12.5 Å². The molecule has 0 spiro atoms. The molecule has 2 unspecified atom stereocenters.